The van der Waals surface area contributed by atoms with Gasteiger partial charge in [0.2, 0.25) is 0 Å². The van der Waals surface area contributed by atoms with E-state index in [2.05, 4.69) is 9.88 Å². The molecular weight excluding hydrogens is 410 g/mol. The second-order valence-electron chi connectivity index (χ2n) is 8.83. The number of rotatable bonds is 8. The Balaban J connectivity index is 1.51. The summed E-state index contributed by atoms with van der Waals surface area (Å²) < 4.78 is 12.8. The topological polar surface area (TPSA) is 89.9 Å². The van der Waals surface area contributed by atoms with Crippen molar-refractivity contribution in [3.8, 4) is 11.5 Å². The second-order valence-corrected chi connectivity index (χ2v) is 8.83. The molecule has 1 atom stereocenters. The lowest BCUT2D eigenvalue weighted by Crippen LogP contribution is -2.46. The molecule has 2 aliphatic rings. The summed E-state index contributed by atoms with van der Waals surface area (Å²) in [5, 5.41) is 2.77. The molecule has 1 aromatic heterocycles. The zero-order chi connectivity index (χ0) is 23.2. The van der Waals surface area contributed by atoms with Crippen LogP contribution in [0.3, 0.4) is 0 Å². The Morgan fingerprint density at radius 1 is 1.12 bits per heavy atom. The fourth-order valence-corrected chi connectivity index (χ4v) is 4.59. The van der Waals surface area contributed by atoms with Crippen LogP contribution in [-0.4, -0.2) is 53.5 Å². The molecule has 1 aliphatic heterocycles. The van der Waals surface area contributed by atoms with Gasteiger partial charge < -0.3 is 19.4 Å². The maximum atomic E-state index is 13.2. The number of amides is 3. The van der Waals surface area contributed by atoms with E-state index in [9.17, 15) is 14.4 Å². The summed E-state index contributed by atoms with van der Waals surface area (Å²) >= 11 is 0. The lowest BCUT2D eigenvalue weighted by Gasteiger charge is -2.22. The molecular formula is C24H29N3O5. The number of aryl methyl sites for hydroxylation is 1. The molecule has 8 nitrogen and oxygen atoms in total. The summed E-state index contributed by atoms with van der Waals surface area (Å²) in [6.45, 7) is 5.30. The summed E-state index contributed by atoms with van der Waals surface area (Å²) in [4.78, 5) is 39.9. The molecule has 2 fully saturated rings. The number of ether oxygens (including phenoxy) is 2. The van der Waals surface area contributed by atoms with Crippen molar-refractivity contribution in [2.45, 2.75) is 51.6 Å². The number of imide groups is 1. The van der Waals surface area contributed by atoms with Crippen LogP contribution in [0.25, 0.3) is 0 Å². The number of Topliss-reactive ketones (excluding diaryl/α,β-unsaturated/α-hetero) is 1. The van der Waals surface area contributed by atoms with Gasteiger partial charge in [0, 0.05) is 29.4 Å². The third-order valence-electron chi connectivity index (χ3n) is 6.35. The minimum Gasteiger partial charge on any atom is -0.493 e. The fraction of sp³-hybridized carbons (Fsp3) is 0.458. The molecule has 0 radical (unpaired) electrons. The molecule has 2 aromatic rings. The average Bonchev–Trinajstić information content (AvgIpc) is 3.51. The fourth-order valence-electron chi connectivity index (χ4n) is 4.59. The van der Waals surface area contributed by atoms with Crippen LogP contribution in [0.15, 0.2) is 24.3 Å². The summed E-state index contributed by atoms with van der Waals surface area (Å²) in [5.74, 6) is 0.480. The number of nitrogens with zero attached hydrogens (tertiary/aromatic N) is 2. The average molecular weight is 440 g/mol. The number of benzene rings is 1. The van der Waals surface area contributed by atoms with Crippen molar-refractivity contribution in [2.75, 3.05) is 20.8 Å². The highest BCUT2D eigenvalue weighted by Crippen LogP contribution is 2.38. The molecule has 1 N–H and O–H groups in total. The van der Waals surface area contributed by atoms with E-state index in [1.54, 1.807) is 33.3 Å². The number of nitrogens with one attached hydrogen (secondary N) is 1. The van der Waals surface area contributed by atoms with Gasteiger partial charge in [-0.1, -0.05) is 6.07 Å². The number of carbonyl (C=O) groups excluding carboxylic acids is 3. The third kappa shape index (κ3) is 3.74. The first-order valence-electron chi connectivity index (χ1n) is 10.7. The van der Waals surface area contributed by atoms with Gasteiger partial charge in [-0.15, -0.1) is 0 Å². The molecule has 170 valence electrons. The molecule has 4 rings (SSSR count). The number of urea groups is 1. The van der Waals surface area contributed by atoms with Crippen LogP contribution in [0.1, 0.15) is 53.1 Å². The van der Waals surface area contributed by atoms with Crippen molar-refractivity contribution in [1.82, 2.24) is 14.8 Å². The van der Waals surface area contributed by atoms with Crippen molar-refractivity contribution in [3.05, 3.63) is 46.8 Å². The molecule has 3 amide bonds. The summed E-state index contributed by atoms with van der Waals surface area (Å²) in [6, 6.07) is 7.13. The zero-order valence-corrected chi connectivity index (χ0v) is 19.2. The molecule has 32 heavy (non-hydrogen) atoms. The predicted molar refractivity (Wildman–Crippen MR) is 118 cm³/mol. The molecule has 1 aromatic carbocycles. The second kappa shape index (κ2) is 8.00. The Morgan fingerprint density at radius 3 is 2.44 bits per heavy atom. The minimum absolute atomic E-state index is 0.233. The highest BCUT2D eigenvalue weighted by molar-refractivity contribution is 6.11. The van der Waals surface area contributed by atoms with E-state index < -0.39 is 17.5 Å². The van der Waals surface area contributed by atoms with E-state index in [4.69, 9.17) is 9.47 Å². The summed E-state index contributed by atoms with van der Waals surface area (Å²) in [5.41, 5.74) is 2.16. The largest absolute Gasteiger partial charge is 0.493 e. The van der Waals surface area contributed by atoms with Crippen molar-refractivity contribution < 1.29 is 23.9 Å². The highest BCUT2D eigenvalue weighted by atomic mass is 16.5. The number of methoxy groups -OCH3 is 2. The lowest BCUT2D eigenvalue weighted by molar-refractivity contribution is -0.130. The van der Waals surface area contributed by atoms with Gasteiger partial charge in [0.05, 0.1) is 20.8 Å². The van der Waals surface area contributed by atoms with E-state index in [1.165, 1.54) is 0 Å². The molecule has 0 bridgehead atoms. The van der Waals surface area contributed by atoms with Crippen LogP contribution >= 0.6 is 0 Å². The Morgan fingerprint density at radius 2 is 1.81 bits per heavy atom. The Kier molecular flexibility index (Phi) is 5.48. The summed E-state index contributed by atoms with van der Waals surface area (Å²) in [6.07, 6.45) is 2.50. The van der Waals surface area contributed by atoms with Gasteiger partial charge >= 0.3 is 6.03 Å². The van der Waals surface area contributed by atoms with E-state index >= 15 is 0 Å². The summed E-state index contributed by atoms with van der Waals surface area (Å²) in [7, 11) is 3.09. The number of hydrogen-bond donors (Lipinski definition) is 1. The van der Waals surface area contributed by atoms with Crippen molar-refractivity contribution in [2.24, 2.45) is 0 Å². The molecule has 1 aliphatic carbocycles. The standard InChI is InChI=1S/C24H29N3O5/c1-14-10-18(15(2)27(14)17-7-8-17)19(28)13-26-22(29)24(3,25-23(26)30)12-16-6-9-20(31-4)21(11-16)32-5/h6,9-11,17H,7-8,12-13H2,1-5H3,(H,25,30)/t24-/m0/s1. The monoisotopic (exact) mass is 439 g/mol. The van der Waals surface area contributed by atoms with E-state index in [0.717, 1.165) is 34.7 Å². The Hall–Kier alpha value is -3.29. The van der Waals surface area contributed by atoms with E-state index in [0.29, 0.717) is 23.1 Å². The smallest absolute Gasteiger partial charge is 0.325 e. The van der Waals surface area contributed by atoms with Crippen LogP contribution in [0.5, 0.6) is 11.5 Å². The number of ketones is 1. The first kappa shape index (κ1) is 21.9. The van der Waals surface area contributed by atoms with Gasteiger partial charge in [-0.25, -0.2) is 4.79 Å². The highest BCUT2D eigenvalue weighted by Gasteiger charge is 2.48. The maximum absolute atomic E-state index is 13.2. The van der Waals surface area contributed by atoms with Gasteiger partial charge in [0.1, 0.15) is 5.54 Å². The Bertz CT molecular complexity index is 1100. The number of aromatic nitrogens is 1. The lowest BCUT2D eigenvalue weighted by atomic mass is 9.92. The van der Waals surface area contributed by atoms with Crippen LogP contribution in [-0.2, 0) is 11.2 Å². The van der Waals surface area contributed by atoms with Gasteiger partial charge in [-0.05, 0) is 57.4 Å². The normalized spacial score (nSPS) is 20.5. The molecule has 1 saturated carbocycles. The first-order valence-corrected chi connectivity index (χ1v) is 10.7. The van der Waals surface area contributed by atoms with Gasteiger partial charge in [0.15, 0.2) is 17.3 Å². The first-order chi connectivity index (χ1) is 15.2. The van der Waals surface area contributed by atoms with Crippen LogP contribution < -0.4 is 14.8 Å². The molecule has 1 saturated heterocycles. The molecule has 2 heterocycles. The van der Waals surface area contributed by atoms with Gasteiger partial charge in [0.25, 0.3) is 5.91 Å². The van der Waals surface area contributed by atoms with Crippen molar-refractivity contribution >= 4 is 17.7 Å². The number of hydrogen-bond acceptors (Lipinski definition) is 5. The quantitative estimate of drug-likeness (QED) is 0.504. The van der Waals surface area contributed by atoms with Crippen LogP contribution in [0, 0.1) is 13.8 Å². The minimum atomic E-state index is -1.15. The van der Waals surface area contributed by atoms with Crippen LogP contribution in [0.2, 0.25) is 0 Å². The Labute approximate surface area is 187 Å². The van der Waals surface area contributed by atoms with Gasteiger partial charge in [-0.2, -0.15) is 0 Å². The van der Waals surface area contributed by atoms with Crippen molar-refractivity contribution in [3.63, 3.8) is 0 Å². The van der Waals surface area contributed by atoms with E-state index in [1.807, 2.05) is 26.0 Å². The third-order valence-corrected chi connectivity index (χ3v) is 6.35. The predicted octanol–water partition coefficient (Wildman–Crippen LogP) is 3.19. The maximum Gasteiger partial charge on any atom is 0.325 e. The van der Waals surface area contributed by atoms with Gasteiger partial charge in [-0.3, -0.25) is 14.5 Å². The number of carbonyl (C=O) groups is 3. The SMILES string of the molecule is COc1ccc(C[C@]2(C)NC(=O)N(CC(=O)c3cc(C)n(C4CC4)c3C)C2=O)cc1OC. The molecule has 0 spiro atoms. The van der Waals surface area contributed by atoms with Crippen molar-refractivity contribution in [1.29, 1.82) is 0 Å². The van der Waals surface area contributed by atoms with E-state index in [-0.39, 0.29) is 18.7 Å². The van der Waals surface area contributed by atoms with Crippen LogP contribution in [0.4, 0.5) is 4.79 Å². The molecule has 8 heteroatoms. The molecule has 0 unspecified atom stereocenters. The zero-order valence-electron chi connectivity index (χ0n) is 19.2.